The normalized spacial score (nSPS) is 16.0. The van der Waals surface area contributed by atoms with Crippen LogP contribution in [0.5, 0.6) is 0 Å². The van der Waals surface area contributed by atoms with Crippen molar-refractivity contribution >= 4 is 18.1 Å². The van der Waals surface area contributed by atoms with E-state index >= 15 is 0 Å². The zero-order chi connectivity index (χ0) is 17.7. The SMILES string of the molecule is CC1=CC(=O)N(CCOC(C)(C)COC(C)(C)CCC=O)C1=O. The van der Waals surface area contributed by atoms with Crippen LogP contribution in [0.4, 0.5) is 0 Å². The molecule has 6 nitrogen and oxygen atoms in total. The van der Waals surface area contributed by atoms with Gasteiger partial charge in [-0.1, -0.05) is 0 Å². The molecule has 1 aliphatic heterocycles. The van der Waals surface area contributed by atoms with E-state index in [2.05, 4.69) is 0 Å². The summed E-state index contributed by atoms with van der Waals surface area (Å²) in [5, 5.41) is 0. The predicted molar refractivity (Wildman–Crippen MR) is 85.8 cm³/mol. The molecule has 0 atom stereocenters. The molecule has 0 unspecified atom stereocenters. The summed E-state index contributed by atoms with van der Waals surface area (Å²) < 4.78 is 11.6. The molecule has 0 fully saturated rings. The third kappa shape index (κ3) is 6.23. The van der Waals surface area contributed by atoms with Crippen molar-refractivity contribution in [1.29, 1.82) is 0 Å². The number of nitrogens with zero attached hydrogens (tertiary/aromatic N) is 1. The van der Waals surface area contributed by atoms with Crippen molar-refractivity contribution in [3.05, 3.63) is 11.6 Å². The van der Waals surface area contributed by atoms with Crippen LogP contribution in [-0.2, 0) is 23.9 Å². The Bertz CT molecular complexity index is 493. The quantitative estimate of drug-likeness (QED) is 0.453. The third-order valence-electron chi connectivity index (χ3n) is 3.67. The molecule has 23 heavy (non-hydrogen) atoms. The average molecular weight is 325 g/mol. The molecule has 0 spiro atoms. The monoisotopic (exact) mass is 325 g/mol. The second-order valence-corrected chi connectivity index (χ2v) is 6.98. The minimum absolute atomic E-state index is 0.226. The first kappa shape index (κ1) is 19.5. The molecule has 0 bridgehead atoms. The van der Waals surface area contributed by atoms with Gasteiger partial charge >= 0.3 is 0 Å². The Labute approximate surface area is 137 Å². The molecule has 0 N–H and O–H groups in total. The van der Waals surface area contributed by atoms with Gasteiger partial charge in [-0.15, -0.1) is 0 Å². The van der Waals surface area contributed by atoms with Crippen molar-refractivity contribution in [2.75, 3.05) is 19.8 Å². The highest BCUT2D eigenvalue weighted by atomic mass is 16.6. The van der Waals surface area contributed by atoms with Gasteiger partial charge in [-0.25, -0.2) is 0 Å². The summed E-state index contributed by atoms with van der Waals surface area (Å²) in [6.45, 7) is 10.1. The minimum atomic E-state index is -0.549. The van der Waals surface area contributed by atoms with Crippen molar-refractivity contribution in [3.8, 4) is 0 Å². The molecule has 0 aromatic rings. The summed E-state index contributed by atoms with van der Waals surface area (Å²) in [6.07, 6.45) is 3.33. The van der Waals surface area contributed by atoms with E-state index in [0.29, 0.717) is 25.0 Å². The number of amides is 2. The fourth-order valence-electron chi connectivity index (χ4n) is 2.15. The number of carbonyl (C=O) groups excluding carboxylic acids is 3. The van der Waals surface area contributed by atoms with Gasteiger partial charge in [0.2, 0.25) is 0 Å². The van der Waals surface area contributed by atoms with Crippen LogP contribution < -0.4 is 0 Å². The van der Waals surface area contributed by atoms with E-state index in [1.807, 2.05) is 27.7 Å². The summed E-state index contributed by atoms with van der Waals surface area (Å²) in [4.78, 5) is 35.0. The molecule has 0 aromatic carbocycles. The van der Waals surface area contributed by atoms with Gasteiger partial charge in [-0.3, -0.25) is 14.5 Å². The topological polar surface area (TPSA) is 72.9 Å². The van der Waals surface area contributed by atoms with E-state index < -0.39 is 11.2 Å². The molecule has 130 valence electrons. The van der Waals surface area contributed by atoms with E-state index in [0.717, 1.165) is 6.29 Å². The van der Waals surface area contributed by atoms with Crippen LogP contribution in [0.25, 0.3) is 0 Å². The standard InChI is InChI=1S/C17H27NO5/c1-13-11-14(20)18(15(13)21)8-10-22-17(4,5)12-23-16(2,3)7-6-9-19/h9,11H,6-8,10,12H2,1-5H3. The summed E-state index contributed by atoms with van der Waals surface area (Å²) in [5.41, 5.74) is -0.495. The average Bonchev–Trinajstić information content (AvgIpc) is 2.70. The molecule has 0 aliphatic carbocycles. The van der Waals surface area contributed by atoms with Crippen LogP contribution in [0, 0.1) is 0 Å². The van der Waals surface area contributed by atoms with Gasteiger partial charge in [-0.05, 0) is 41.0 Å². The Hall–Kier alpha value is -1.53. The molecule has 0 aromatic heterocycles. The Balaban J connectivity index is 2.37. The first-order valence-electron chi connectivity index (χ1n) is 7.84. The van der Waals surface area contributed by atoms with Crippen molar-refractivity contribution < 1.29 is 23.9 Å². The smallest absolute Gasteiger partial charge is 0.256 e. The molecule has 0 saturated carbocycles. The molecule has 6 heteroatoms. The second-order valence-electron chi connectivity index (χ2n) is 6.98. The molecule has 1 rings (SSSR count). The van der Waals surface area contributed by atoms with E-state index in [1.54, 1.807) is 6.92 Å². The van der Waals surface area contributed by atoms with Gasteiger partial charge in [0.05, 0.1) is 31.0 Å². The summed E-state index contributed by atoms with van der Waals surface area (Å²) >= 11 is 0. The molecular weight excluding hydrogens is 298 g/mol. The highest BCUT2D eigenvalue weighted by Gasteiger charge is 2.29. The van der Waals surface area contributed by atoms with Crippen LogP contribution in [-0.4, -0.2) is 54.0 Å². The van der Waals surface area contributed by atoms with Gasteiger partial charge in [0.1, 0.15) is 6.29 Å². The number of imide groups is 1. The molecule has 2 amide bonds. The van der Waals surface area contributed by atoms with E-state index in [4.69, 9.17) is 9.47 Å². The number of hydrogen-bond acceptors (Lipinski definition) is 5. The van der Waals surface area contributed by atoms with Gasteiger partial charge in [0.25, 0.3) is 11.8 Å². The van der Waals surface area contributed by atoms with E-state index in [1.165, 1.54) is 11.0 Å². The first-order chi connectivity index (χ1) is 10.6. The predicted octanol–water partition coefficient (Wildman–Crippen LogP) is 1.87. The number of carbonyl (C=O) groups is 3. The molecule has 1 heterocycles. The largest absolute Gasteiger partial charge is 0.373 e. The Morgan fingerprint density at radius 3 is 2.30 bits per heavy atom. The van der Waals surface area contributed by atoms with Gasteiger partial charge in [-0.2, -0.15) is 0 Å². The Morgan fingerprint density at radius 2 is 1.78 bits per heavy atom. The number of hydrogen-bond donors (Lipinski definition) is 0. The molecule has 0 saturated heterocycles. The fraction of sp³-hybridized carbons (Fsp3) is 0.706. The van der Waals surface area contributed by atoms with Gasteiger partial charge < -0.3 is 14.3 Å². The first-order valence-corrected chi connectivity index (χ1v) is 7.84. The second kappa shape index (κ2) is 7.84. The maximum atomic E-state index is 11.8. The summed E-state index contributed by atoms with van der Waals surface area (Å²) in [5.74, 6) is -0.553. The van der Waals surface area contributed by atoms with Gasteiger partial charge in [0.15, 0.2) is 0 Å². The summed E-state index contributed by atoms with van der Waals surface area (Å²) in [7, 11) is 0. The van der Waals surface area contributed by atoms with Crippen LogP contribution in [0.3, 0.4) is 0 Å². The Morgan fingerprint density at radius 1 is 1.13 bits per heavy atom. The lowest BCUT2D eigenvalue weighted by atomic mass is 10.0. The zero-order valence-corrected chi connectivity index (χ0v) is 14.7. The fourth-order valence-corrected chi connectivity index (χ4v) is 2.15. The maximum absolute atomic E-state index is 11.8. The highest BCUT2D eigenvalue weighted by Crippen LogP contribution is 2.20. The minimum Gasteiger partial charge on any atom is -0.373 e. The van der Waals surface area contributed by atoms with Crippen LogP contribution in [0.1, 0.15) is 47.5 Å². The van der Waals surface area contributed by atoms with Crippen molar-refractivity contribution in [2.45, 2.75) is 58.7 Å². The van der Waals surface area contributed by atoms with E-state index in [9.17, 15) is 14.4 Å². The third-order valence-corrected chi connectivity index (χ3v) is 3.67. The number of aldehydes is 1. The van der Waals surface area contributed by atoms with Crippen molar-refractivity contribution in [2.24, 2.45) is 0 Å². The zero-order valence-electron chi connectivity index (χ0n) is 14.7. The lowest BCUT2D eigenvalue weighted by Gasteiger charge is -2.32. The van der Waals surface area contributed by atoms with Crippen molar-refractivity contribution in [3.63, 3.8) is 0 Å². The lowest BCUT2D eigenvalue weighted by Crippen LogP contribution is -2.40. The Kier molecular flexibility index (Phi) is 6.65. The molecule has 1 aliphatic rings. The number of rotatable bonds is 10. The lowest BCUT2D eigenvalue weighted by molar-refractivity contribution is -0.143. The number of ether oxygens (including phenoxy) is 2. The van der Waals surface area contributed by atoms with Crippen LogP contribution in [0.2, 0.25) is 0 Å². The molecular formula is C17H27NO5. The van der Waals surface area contributed by atoms with Gasteiger partial charge in [0, 0.05) is 18.1 Å². The van der Waals surface area contributed by atoms with E-state index in [-0.39, 0.29) is 25.0 Å². The van der Waals surface area contributed by atoms with Crippen LogP contribution >= 0.6 is 0 Å². The van der Waals surface area contributed by atoms with Crippen molar-refractivity contribution in [1.82, 2.24) is 4.90 Å². The van der Waals surface area contributed by atoms with Crippen LogP contribution in [0.15, 0.2) is 11.6 Å². The molecule has 0 radical (unpaired) electrons. The highest BCUT2D eigenvalue weighted by molar-refractivity contribution is 6.15. The summed E-state index contributed by atoms with van der Waals surface area (Å²) in [6, 6.07) is 0. The maximum Gasteiger partial charge on any atom is 0.256 e.